The number of hydrogen-bond acceptors (Lipinski definition) is 6. The Kier molecular flexibility index (Phi) is 4.68. The fraction of sp³-hybridized carbons (Fsp3) is 0.286. The van der Waals surface area contributed by atoms with E-state index in [2.05, 4.69) is 55.6 Å². The zero-order valence-electron chi connectivity index (χ0n) is 20.1. The lowest BCUT2D eigenvalue weighted by atomic mass is 9.80. The number of allylic oxidation sites excluding steroid dienone is 1. The molecule has 0 fully saturated rings. The van der Waals surface area contributed by atoms with Crippen LogP contribution in [0.5, 0.6) is 5.88 Å². The molecule has 6 rings (SSSR count). The summed E-state index contributed by atoms with van der Waals surface area (Å²) in [6.07, 6.45) is 14.7. The molecule has 4 aromatic rings. The van der Waals surface area contributed by atoms with Gasteiger partial charge >= 0.3 is 0 Å². The van der Waals surface area contributed by atoms with Crippen LogP contribution < -0.4 is 10.5 Å². The minimum Gasteiger partial charge on any atom is -0.470 e. The summed E-state index contributed by atoms with van der Waals surface area (Å²) in [5.41, 5.74) is 15.1. The number of nitrogens with two attached hydrogens (primary N) is 1. The highest BCUT2D eigenvalue weighted by Crippen LogP contribution is 2.47. The summed E-state index contributed by atoms with van der Waals surface area (Å²) < 4.78 is 8.52. The third-order valence-electron chi connectivity index (χ3n) is 7.31. The molecule has 7 nitrogen and oxygen atoms in total. The Hall–Kier alpha value is -4.18. The number of hydrogen-bond donors (Lipinski definition) is 1. The Labute approximate surface area is 204 Å². The maximum atomic E-state index is 6.44. The average molecular weight is 463 g/mol. The first kappa shape index (κ1) is 21.4. The molecule has 0 radical (unpaired) electrons. The summed E-state index contributed by atoms with van der Waals surface area (Å²) in [6.45, 7) is 4.05. The lowest BCUT2D eigenvalue weighted by Gasteiger charge is -2.32. The normalized spacial score (nSPS) is 18.9. The molecule has 1 atom stereocenters. The van der Waals surface area contributed by atoms with Gasteiger partial charge in [0, 0.05) is 48.5 Å². The third kappa shape index (κ3) is 3.28. The molecule has 1 aliphatic carbocycles. The van der Waals surface area contributed by atoms with Gasteiger partial charge in [-0.15, -0.1) is 6.42 Å². The summed E-state index contributed by atoms with van der Waals surface area (Å²) in [7, 11) is 2.01. The molecule has 1 spiro atoms. The van der Waals surface area contributed by atoms with E-state index >= 15 is 0 Å². The van der Waals surface area contributed by atoms with Gasteiger partial charge in [-0.1, -0.05) is 18.1 Å². The van der Waals surface area contributed by atoms with Crippen LogP contribution in [-0.2, 0) is 13.5 Å². The number of pyridine rings is 2. The SMILES string of the molecule is C#Cc1cc(C)c(-c2c(C3=CC[C@@]4(CC3)Cc3ccc(C)nc3O4)c3c(N)ncnc3n2C)cn1. The van der Waals surface area contributed by atoms with Gasteiger partial charge in [-0.3, -0.25) is 0 Å². The van der Waals surface area contributed by atoms with Gasteiger partial charge in [0.05, 0.1) is 11.1 Å². The molecule has 0 aromatic carbocycles. The monoisotopic (exact) mass is 462 g/mol. The predicted octanol–water partition coefficient (Wildman–Crippen LogP) is 4.55. The van der Waals surface area contributed by atoms with Crippen molar-refractivity contribution in [1.82, 2.24) is 24.5 Å². The summed E-state index contributed by atoms with van der Waals surface area (Å²) in [5, 5.41) is 0.876. The number of aryl methyl sites for hydroxylation is 3. The molecule has 0 saturated heterocycles. The van der Waals surface area contributed by atoms with E-state index < -0.39 is 0 Å². The smallest absolute Gasteiger partial charge is 0.217 e. The van der Waals surface area contributed by atoms with E-state index in [0.29, 0.717) is 11.5 Å². The summed E-state index contributed by atoms with van der Waals surface area (Å²) in [6, 6.07) is 6.13. The Bertz CT molecular complexity index is 1590. The number of nitrogen functional groups attached to an aromatic ring is 1. The first-order chi connectivity index (χ1) is 16.9. The molecular weight excluding hydrogens is 436 g/mol. The van der Waals surface area contributed by atoms with Crippen molar-refractivity contribution in [2.24, 2.45) is 7.05 Å². The molecule has 2 N–H and O–H groups in total. The van der Waals surface area contributed by atoms with E-state index in [0.717, 1.165) is 70.7 Å². The van der Waals surface area contributed by atoms with Crippen LogP contribution in [0.25, 0.3) is 27.9 Å². The van der Waals surface area contributed by atoms with Crippen LogP contribution in [0, 0.1) is 26.2 Å². The molecular formula is C28H26N6O. The summed E-state index contributed by atoms with van der Waals surface area (Å²) in [5.74, 6) is 3.88. The number of terminal acetylenes is 1. The zero-order chi connectivity index (χ0) is 24.3. The molecule has 0 amide bonds. The lowest BCUT2D eigenvalue weighted by molar-refractivity contribution is 0.0814. The van der Waals surface area contributed by atoms with Crippen molar-refractivity contribution in [3.63, 3.8) is 0 Å². The first-order valence-electron chi connectivity index (χ1n) is 11.8. The molecule has 1 aliphatic heterocycles. The minimum atomic E-state index is -0.245. The maximum Gasteiger partial charge on any atom is 0.217 e. The molecule has 0 bridgehead atoms. The fourth-order valence-electron chi connectivity index (χ4n) is 5.52. The second-order valence-corrected chi connectivity index (χ2v) is 9.58. The van der Waals surface area contributed by atoms with E-state index in [1.54, 1.807) is 0 Å². The molecule has 4 aromatic heterocycles. The van der Waals surface area contributed by atoms with Crippen molar-refractivity contribution in [1.29, 1.82) is 0 Å². The van der Waals surface area contributed by atoms with Gasteiger partial charge in [-0.05, 0) is 50.0 Å². The van der Waals surface area contributed by atoms with Crippen LogP contribution in [0.15, 0.2) is 36.8 Å². The summed E-state index contributed by atoms with van der Waals surface area (Å²) >= 11 is 0. The number of nitrogens with zero attached hydrogens (tertiary/aromatic N) is 5. The number of aromatic nitrogens is 5. The van der Waals surface area contributed by atoms with Crippen molar-refractivity contribution in [3.05, 3.63) is 64.9 Å². The van der Waals surface area contributed by atoms with Crippen molar-refractivity contribution in [3.8, 4) is 29.5 Å². The Morgan fingerprint density at radius 2 is 2.06 bits per heavy atom. The second-order valence-electron chi connectivity index (χ2n) is 9.58. The minimum absolute atomic E-state index is 0.245. The van der Waals surface area contributed by atoms with Gasteiger partial charge in [0.2, 0.25) is 5.88 Å². The van der Waals surface area contributed by atoms with Crippen LogP contribution in [0.1, 0.15) is 47.3 Å². The fourth-order valence-corrected chi connectivity index (χ4v) is 5.52. The van der Waals surface area contributed by atoms with Crippen LogP contribution in [0.2, 0.25) is 0 Å². The molecule has 0 saturated carbocycles. The van der Waals surface area contributed by atoms with Crippen LogP contribution in [0.3, 0.4) is 0 Å². The van der Waals surface area contributed by atoms with E-state index in [4.69, 9.17) is 16.9 Å². The highest BCUT2D eigenvalue weighted by molar-refractivity contribution is 6.04. The molecule has 35 heavy (non-hydrogen) atoms. The van der Waals surface area contributed by atoms with Crippen molar-refractivity contribution >= 4 is 22.4 Å². The van der Waals surface area contributed by atoms with Crippen LogP contribution >= 0.6 is 0 Å². The number of rotatable bonds is 2. The lowest BCUT2D eigenvalue weighted by Crippen LogP contribution is -2.35. The highest BCUT2D eigenvalue weighted by Gasteiger charge is 2.42. The largest absolute Gasteiger partial charge is 0.470 e. The van der Waals surface area contributed by atoms with E-state index in [9.17, 15) is 0 Å². The topological polar surface area (TPSA) is 91.7 Å². The molecule has 7 heteroatoms. The second kappa shape index (κ2) is 7.67. The molecule has 0 unspecified atom stereocenters. The number of anilines is 1. The van der Waals surface area contributed by atoms with Gasteiger partial charge in [-0.2, -0.15) is 0 Å². The van der Waals surface area contributed by atoms with Gasteiger partial charge < -0.3 is 15.0 Å². The van der Waals surface area contributed by atoms with Crippen molar-refractivity contribution < 1.29 is 4.74 Å². The number of ether oxygens (including phenoxy) is 1. The van der Waals surface area contributed by atoms with Crippen LogP contribution in [-0.4, -0.2) is 30.1 Å². The molecule has 2 aliphatic rings. The number of fused-ring (bicyclic) bond motifs is 2. The van der Waals surface area contributed by atoms with E-state index in [-0.39, 0.29) is 5.60 Å². The Morgan fingerprint density at radius 1 is 1.20 bits per heavy atom. The average Bonchev–Trinajstić information content (AvgIpc) is 3.35. The van der Waals surface area contributed by atoms with Crippen LogP contribution in [0.4, 0.5) is 5.82 Å². The van der Waals surface area contributed by atoms with Gasteiger partial charge in [0.1, 0.15) is 29.1 Å². The Morgan fingerprint density at radius 3 is 2.80 bits per heavy atom. The standard InChI is InChI=1S/C28H26N6O/c1-5-20-12-16(2)21(14-30-20)24-22(23-25(29)31-15-32-26(23)34(24)4)18-8-10-28(11-9-18)13-19-7-6-17(3)33-27(19)35-28/h1,6-8,12,14-15H,9-11,13H2,2-4H3,(H2,29,31,32)/t28-/m1/s1. The quantitative estimate of drug-likeness (QED) is 0.440. The maximum absolute atomic E-state index is 6.44. The molecule has 5 heterocycles. The van der Waals surface area contributed by atoms with E-state index in [1.807, 2.05) is 26.2 Å². The van der Waals surface area contributed by atoms with Gasteiger partial charge in [0.25, 0.3) is 0 Å². The van der Waals surface area contributed by atoms with E-state index in [1.165, 1.54) is 17.5 Å². The molecule has 174 valence electrons. The zero-order valence-corrected chi connectivity index (χ0v) is 20.1. The van der Waals surface area contributed by atoms with Crippen molar-refractivity contribution in [2.75, 3.05) is 5.73 Å². The Balaban J connectivity index is 1.48. The van der Waals surface area contributed by atoms with Gasteiger partial charge in [0.15, 0.2) is 0 Å². The third-order valence-corrected chi connectivity index (χ3v) is 7.31. The van der Waals surface area contributed by atoms with Gasteiger partial charge in [-0.25, -0.2) is 19.9 Å². The van der Waals surface area contributed by atoms with Crippen molar-refractivity contribution in [2.45, 2.75) is 45.1 Å². The predicted molar refractivity (Wildman–Crippen MR) is 137 cm³/mol. The highest BCUT2D eigenvalue weighted by atomic mass is 16.5. The first-order valence-corrected chi connectivity index (χ1v) is 11.8. The summed E-state index contributed by atoms with van der Waals surface area (Å²) in [4.78, 5) is 18.0.